The summed E-state index contributed by atoms with van der Waals surface area (Å²) in [6.45, 7) is 4.93. The third-order valence-corrected chi connectivity index (χ3v) is 3.42. The van der Waals surface area contributed by atoms with E-state index in [1.165, 1.54) is 0 Å². The Bertz CT molecular complexity index is 453. The SMILES string of the molecule is CCC(C)CCN1C(=O)C(=O)c2ccccc21. The van der Waals surface area contributed by atoms with Crippen molar-refractivity contribution in [3.8, 4) is 0 Å². The minimum absolute atomic E-state index is 0.371. The molecule has 2 rings (SSSR count). The van der Waals surface area contributed by atoms with Gasteiger partial charge in [0, 0.05) is 6.54 Å². The predicted molar refractivity (Wildman–Crippen MR) is 67.2 cm³/mol. The molecule has 3 heteroatoms. The number of hydrogen-bond acceptors (Lipinski definition) is 2. The Morgan fingerprint density at radius 3 is 2.65 bits per heavy atom. The standard InChI is InChI=1S/C14H17NO2/c1-3-10(2)8-9-15-12-7-5-4-6-11(12)13(16)14(15)17/h4-7,10H,3,8-9H2,1-2H3. The van der Waals surface area contributed by atoms with Gasteiger partial charge in [-0.2, -0.15) is 0 Å². The molecule has 17 heavy (non-hydrogen) atoms. The zero-order chi connectivity index (χ0) is 12.4. The summed E-state index contributed by atoms with van der Waals surface area (Å²) in [5.74, 6) is -0.176. The van der Waals surface area contributed by atoms with Crippen LogP contribution in [0.1, 0.15) is 37.0 Å². The van der Waals surface area contributed by atoms with Crippen molar-refractivity contribution in [2.24, 2.45) is 5.92 Å². The Hall–Kier alpha value is -1.64. The van der Waals surface area contributed by atoms with Gasteiger partial charge in [-0.05, 0) is 24.5 Å². The average Bonchev–Trinajstić information content (AvgIpc) is 2.60. The molecular weight excluding hydrogens is 214 g/mol. The Labute approximate surface area is 101 Å². The van der Waals surface area contributed by atoms with Crippen LogP contribution in [0.5, 0.6) is 0 Å². The van der Waals surface area contributed by atoms with Crippen LogP contribution in [0.15, 0.2) is 24.3 Å². The molecule has 0 aliphatic carbocycles. The first-order valence-electron chi connectivity index (χ1n) is 6.10. The molecule has 1 heterocycles. The predicted octanol–water partition coefficient (Wildman–Crippen LogP) is 2.65. The smallest absolute Gasteiger partial charge is 0.299 e. The maximum absolute atomic E-state index is 11.8. The molecule has 1 unspecified atom stereocenters. The molecule has 1 aliphatic rings. The lowest BCUT2D eigenvalue weighted by atomic mass is 10.1. The van der Waals surface area contributed by atoms with Crippen molar-refractivity contribution in [3.05, 3.63) is 29.8 Å². The Morgan fingerprint density at radius 1 is 1.24 bits per heavy atom. The van der Waals surface area contributed by atoms with Crippen LogP contribution in [-0.4, -0.2) is 18.2 Å². The van der Waals surface area contributed by atoms with Gasteiger partial charge in [0.1, 0.15) is 0 Å². The lowest BCUT2D eigenvalue weighted by Crippen LogP contribution is -2.31. The molecular formula is C14H17NO2. The number of hydrogen-bond donors (Lipinski definition) is 0. The number of fused-ring (bicyclic) bond motifs is 1. The van der Waals surface area contributed by atoms with Crippen molar-refractivity contribution >= 4 is 17.4 Å². The van der Waals surface area contributed by atoms with E-state index in [2.05, 4.69) is 13.8 Å². The van der Waals surface area contributed by atoms with Crippen LogP contribution in [-0.2, 0) is 4.79 Å². The number of rotatable bonds is 4. The van der Waals surface area contributed by atoms with E-state index in [-0.39, 0.29) is 11.7 Å². The van der Waals surface area contributed by atoms with E-state index in [0.29, 0.717) is 18.0 Å². The number of anilines is 1. The van der Waals surface area contributed by atoms with E-state index < -0.39 is 0 Å². The summed E-state index contributed by atoms with van der Waals surface area (Å²) < 4.78 is 0. The number of amides is 1. The summed E-state index contributed by atoms with van der Waals surface area (Å²) >= 11 is 0. The molecule has 1 aromatic carbocycles. The molecule has 1 aliphatic heterocycles. The largest absolute Gasteiger partial charge is 0.305 e. The number of para-hydroxylation sites is 1. The van der Waals surface area contributed by atoms with Gasteiger partial charge >= 0.3 is 0 Å². The molecule has 0 saturated carbocycles. The van der Waals surface area contributed by atoms with E-state index in [9.17, 15) is 9.59 Å². The molecule has 0 saturated heterocycles. The van der Waals surface area contributed by atoms with Crippen LogP contribution < -0.4 is 4.90 Å². The van der Waals surface area contributed by atoms with Gasteiger partial charge in [-0.15, -0.1) is 0 Å². The Morgan fingerprint density at radius 2 is 1.94 bits per heavy atom. The molecule has 0 spiro atoms. The number of carbonyl (C=O) groups is 2. The van der Waals surface area contributed by atoms with Crippen molar-refractivity contribution in [1.29, 1.82) is 0 Å². The summed E-state index contributed by atoms with van der Waals surface area (Å²) in [6, 6.07) is 7.22. The number of nitrogens with zero attached hydrogens (tertiary/aromatic N) is 1. The van der Waals surface area contributed by atoms with Gasteiger partial charge in [0.25, 0.3) is 11.7 Å². The van der Waals surface area contributed by atoms with E-state index >= 15 is 0 Å². The second-order valence-electron chi connectivity index (χ2n) is 4.61. The lowest BCUT2D eigenvalue weighted by Gasteiger charge is -2.18. The van der Waals surface area contributed by atoms with Gasteiger partial charge in [-0.3, -0.25) is 9.59 Å². The van der Waals surface area contributed by atoms with Crippen LogP contribution in [0, 0.1) is 5.92 Å². The highest BCUT2D eigenvalue weighted by atomic mass is 16.2. The first-order valence-corrected chi connectivity index (χ1v) is 6.10. The molecule has 3 nitrogen and oxygen atoms in total. The summed E-state index contributed by atoms with van der Waals surface area (Å²) in [4.78, 5) is 25.2. The topological polar surface area (TPSA) is 37.4 Å². The number of carbonyl (C=O) groups excluding carboxylic acids is 2. The highest BCUT2D eigenvalue weighted by molar-refractivity contribution is 6.52. The second-order valence-corrected chi connectivity index (χ2v) is 4.61. The zero-order valence-electron chi connectivity index (χ0n) is 10.3. The van der Waals surface area contributed by atoms with Crippen molar-refractivity contribution in [2.45, 2.75) is 26.7 Å². The van der Waals surface area contributed by atoms with Gasteiger partial charge in [0.2, 0.25) is 0 Å². The number of benzene rings is 1. The zero-order valence-corrected chi connectivity index (χ0v) is 10.3. The summed E-state index contributed by atoms with van der Waals surface area (Å²) in [5.41, 5.74) is 1.31. The first-order chi connectivity index (χ1) is 8.15. The van der Waals surface area contributed by atoms with Crippen molar-refractivity contribution in [1.82, 2.24) is 0 Å². The normalized spacial score (nSPS) is 16.2. The van der Waals surface area contributed by atoms with E-state index in [4.69, 9.17) is 0 Å². The summed E-state index contributed by atoms with van der Waals surface area (Å²) in [7, 11) is 0. The highest BCUT2D eigenvalue weighted by Crippen LogP contribution is 2.29. The third-order valence-electron chi connectivity index (χ3n) is 3.42. The molecule has 0 aromatic heterocycles. The number of Topliss-reactive ketones (excluding diaryl/α,β-unsaturated/α-hetero) is 1. The Balaban J connectivity index is 2.19. The van der Waals surface area contributed by atoms with E-state index in [0.717, 1.165) is 18.5 Å². The van der Waals surface area contributed by atoms with Gasteiger partial charge in [0.15, 0.2) is 0 Å². The fourth-order valence-electron chi connectivity index (χ4n) is 2.02. The highest BCUT2D eigenvalue weighted by Gasteiger charge is 2.34. The quantitative estimate of drug-likeness (QED) is 0.747. The van der Waals surface area contributed by atoms with Crippen molar-refractivity contribution < 1.29 is 9.59 Å². The van der Waals surface area contributed by atoms with Crippen LogP contribution in [0.3, 0.4) is 0 Å². The maximum Gasteiger partial charge on any atom is 0.299 e. The molecule has 1 aromatic rings. The van der Waals surface area contributed by atoms with Crippen LogP contribution in [0.2, 0.25) is 0 Å². The third kappa shape index (κ3) is 2.09. The summed E-state index contributed by atoms with van der Waals surface area (Å²) in [5, 5.41) is 0. The fraction of sp³-hybridized carbons (Fsp3) is 0.429. The van der Waals surface area contributed by atoms with Crippen LogP contribution in [0.4, 0.5) is 5.69 Å². The fourth-order valence-corrected chi connectivity index (χ4v) is 2.02. The van der Waals surface area contributed by atoms with Gasteiger partial charge in [-0.25, -0.2) is 0 Å². The number of ketones is 1. The van der Waals surface area contributed by atoms with Crippen molar-refractivity contribution in [2.75, 3.05) is 11.4 Å². The van der Waals surface area contributed by atoms with Crippen LogP contribution >= 0.6 is 0 Å². The second kappa shape index (κ2) is 4.70. The maximum atomic E-state index is 11.8. The molecule has 0 bridgehead atoms. The van der Waals surface area contributed by atoms with E-state index in [1.807, 2.05) is 12.1 Å². The van der Waals surface area contributed by atoms with Gasteiger partial charge < -0.3 is 4.90 Å². The minimum atomic E-state index is -0.380. The van der Waals surface area contributed by atoms with E-state index in [1.54, 1.807) is 17.0 Å². The lowest BCUT2D eigenvalue weighted by molar-refractivity contribution is -0.114. The molecule has 0 radical (unpaired) electrons. The molecule has 0 N–H and O–H groups in total. The summed E-state index contributed by atoms with van der Waals surface area (Å²) in [6.07, 6.45) is 2.03. The van der Waals surface area contributed by atoms with Gasteiger partial charge in [-0.1, -0.05) is 32.4 Å². The molecule has 90 valence electrons. The Kier molecular flexibility index (Phi) is 3.27. The van der Waals surface area contributed by atoms with Gasteiger partial charge in [0.05, 0.1) is 11.3 Å². The molecule has 0 fully saturated rings. The van der Waals surface area contributed by atoms with Crippen molar-refractivity contribution in [3.63, 3.8) is 0 Å². The molecule has 1 amide bonds. The molecule has 1 atom stereocenters. The van der Waals surface area contributed by atoms with Crippen LogP contribution in [0.25, 0.3) is 0 Å². The minimum Gasteiger partial charge on any atom is -0.305 e. The average molecular weight is 231 g/mol. The monoisotopic (exact) mass is 231 g/mol. The first kappa shape index (κ1) is 11.8.